The number of phenolic OH excluding ortho intramolecular Hbond substituents is 1. The zero-order valence-electron chi connectivity index (χ0n) is 14.0. The van der Waals surface area contributed by atoms with E-state index in [1.54, 1.807) is 19.2 Å². The molecule has 0 saturated heterocycles. The van der Waals surface area contributed by atoms with E-state index in [-0.39, 0.29) is 23.8 Å². The summed E-state index contributed by atoms with van der Waals surface area (Å²) in [4.78, 5) is 13.5. The predicted molar refractivity (Wildman–Crippen MR) is 88.3 cm³/mol. The minimum atomic E-state index is -4.77. The summed E-state index contributed by atoms with van der Waals surface area (Å²) in [6.07, 6.45) is -4.77. The number of alkyl halides is 3. The molecule has 0 radical (unpaired) electrons. The van der Waals surface area contributed by atoms with E-state index in [0.717, 1.165) is 17.7 Å². The van der Waals surface area contributed by atoms with Crippen molar-refractivity contribution in [3.05, 3.63) is 48.0 Å². The molecule has 2 aromatic rings. The van der Waals surface area contributed by atoms with Crippen molar-refractivity contribution in [2.24, 2.45) is 0 Å². The van der Waals surface area contributed by atoms with Crippen LogP contribution in [0.5, 0.6) is 17.2 Å². The van der Waals surface area contributed by atoms with Crippen molar-refractivity contribution in [3.8, 4) is 17.2 Å². The lowest BCUT2D eigenvalue weighted by molar-refractivity contribution is -0.274. The summed E-state index contributed by atoms with van der Waals surface area (Å²) in [6, 6.07) is 9.06. The van der Waals surface area contributed by atoms with Gasteiger partial charge in [-0.25, -0.2) is 4.79 Å². The van der Waals surface area contributed by atoms with Gasteiger partial charge >= 0.3 is 12.4 Å². The highest BCUT2D eigenvalue weighted by molar-refractivity contribution is 5.89. The van der Waals surface area contributed by atoms with Crippen LogP contribution in [0, 0.1) is 0 Å². The molecular weight excluding hydrogens is 353 g/mol. The number of ether oxygens (including phenoxy) is 2. The Hall–Kier alpha value is -3.10. The van der Waals surface area contributed by atoms with Crippen molar-refractivity contribution in [1.82, 2.24) is 4.90 Å². The number of phenols is 1. The highest BCUT2D eigenvalue weighted by Gasteiger charge is 2.30. The first kappa shape index (κ1) is 19.2. The smallest absolute Gasteiger partial charge is 0.504 e. The van der Waals surface area contributed by atoms with Gasteiger partial charge in [0.2, 0.25) is 0 Å². The number of carbonyl (C=O) groups is 1. The molecule has 26 heavy (non-hydrogen) atoms. The Morgan fingerprint density at radius 2 is 1.85 bits per heavy atom. The standard InChI is InChI=1S/C17H17F3N2O4/c1-22(10-11-3-8-14(23)15(9-11)25-2)16(24)21-12-4-6-13(7-5-12)26-17(18,19)20/h3-9,23H,10H2,1-2H3,(H,21,24). The van der Waals surface area contributed by atoms with E-state index in [4.69, 9.17) is 4.74 Å². The molecule has 9 heteroatoms. The topological polar surface area (TPSA) is 71.0 Å². The van der Waals surface area contributed by atoms with Gasteiger partial charge in [-0.3, -0.25) is 0 Å². The van der Waals surface area contributed by atoms with Crippen molar-refractivity contribution in [3.63, 3.8) is 0 Å². The zero-order valence-corrected chi connectivity index (χ0v) is 14.0. The number of rotatable bonds is 5. The molecule has 140 valence electrons. The van der Waals surface area contributed by atoms with E-state index in [1.165, 1.54) is 30.2 Å². The summed E-state index contributed by atoms with van der Waals surface area (Å²) in [5.41, 5.74) is 1.05. The monoisotopic (exact) mass is 370 g/mol. The van der Waals surface area contributed by atoms with Crippen LogP contribution in [-0.4, -0.2) is 36.6 Å². The lowest BCUT2D eigenvalue weighted by atomic mass is 10.2. The van der Waals surface area contributed by atoms with E-state index >= 15 is 0 Å². The first-order valence-electron chi connectivity index (χ1n) is 7.42. The third-order valence-electron chi connectivity index (χ3n) is 3.35. The number of nitrogens with zero attached hydrogens (tertiary/aromatic N) is 1. The van der Waals surface area contributed by atoms with Crippen molar-refractivity contribution in [2.75, 3.05) is 19.5 Å². The molecular formula is C17H17F3N2O4. The molecule has 0 aliphatic heterocycles. The first-order chi connectivity index (χ1) is 12.2. The van der Waals surface area contributed by atoms with Crippen LogP contribution in [-0.2, 0) is 6.54 Å². The molecule has 6 nitrogen and oxygen atoms in total. The third-order valence-corrected chi connectivity index (χ3v) is 3.35. The van der Waals surface area contributed by atoms with Gasteiger partial charge in [-0.2, -0.15) is 0 Å². The lowest BCUT2D eigenvalue weighted by Crippen LogP contribution is -2.30. The molecule has 2 rings (SSSR count). The quantitative estimate of drug-likeness (QED) is 0.836. The van der Waals surface area contributed by atoms with Crippen LogP contribution >= 0.6 is 0 Å². The molecule has 2 amide bonds. The Morgan fingerprint density at radius 3 is 2.42 bits per heavy atom. The minimum absolute atomic E-state index is 0.00970. The molecule has 0 spiro atoms. The molecule has 0 aliphatic rings. The second-order valence-electron chi connectivity index (χ2n) is 5.36. The molecule has 2 N–H and O–H groups in total. The number of nitrogens with one attached hydrogen (secondary N) is 1. The Kier molecular flexibility index (Phi) is 5.81. The Morgan fingerprint density at radius 1 is 1.19 bits per heavy atom. The number of benzene rings is 2. The molecule has 0 heterocycles. The normalized spacial score (nSPS) is 11.0. The van der Waals surface area contributed by atoms with E-state index in [0.29, 0.717) is 5.69 Å². The summed E-state index contributed by atoms with van der Waals surface area (Å²) in [7, 11) is 2.97. The summed E-state index contributed by atoms with van der Waals surface area (Å²) in [5.74, 6) is -0.0962. The maximum Gasteiger partial charge on any atom is 0.573 e. The molecule has 2 aromatic carbocycles. The van der Waals surface area contributed by atoms with Crippen LogP contribution in [0.15, 0.2) is 42.5 Å². The number of aromatic hydroxyl groups is 1. The molecule has 0 saturated carbocycles. The lowest BCUT2D eigenvalue weighted by Gasteiger charge is -2.19. The maximum absolute atomic E-state index is 12.2. The summed E-state index contributed by atoms with van der Waals surface area (Å²) < 4.78 is 45.1. The highest BCUT2D eigenvalue weighted by atomic mass is 19.4. The Labute approximate surface area is 147 Å². The van der Waals surface area contributed by atoms with Gasteiger partial charge in [-0.05, 0) is 42.0 Å². The minimum Gasteiger partial charge on any atom is -0.504 e. The van der Waals surface area contributed by atoms with Gasteiger partial charge in [0.25, 0.3) is 0 Å². The number of hydrogen-bond acceptors (Lipinski definition) is 4. The highest BCUT2D eigenvalue weighted by Crippen LogP contribution is 2.27. The Balaban J connectivity index is 1.96. The van der Waals surface area contributed by atoms with Gasteiger partial charge in [-0.15, -0.1) is 13.2 Å². The summed E-state index contributed by atoms with van der Waals surface area (Å²) in [6.45, 7) is 0.234. The van der Waals surface area contributed by atoms with Crippen molar-refractivity contribution in [2.45, 2.75) is 12.9 Å². The fourth-order valence-corrected chi connectivity index (χ4v) is 2.12. The van der Waals surface area contributed by atoms with Gasteiger partial charge < -0.3 is 24.8 Å². The van der Waals surface area contributed by atoms with Gasteiger partial charge in [0.15, 0.2) is 11.5 Å². The third kappa shape index (κ3) is 5.47. The first-order valence-corrected chi connectivity index (χ1v) is 7.42. The number of amides is 2. The van der Waals surface area contributed by atoms with Crippen LogP contribution in [0.4, 0.5) is 23.7 Å². The zero-order chi connectivity index (χ0) is 19.3. The predicted octanol–water partition coefficient (Wildman–Crippen LogP) is 3.96. The Bertz CT molecular complexity index is 764. The van der Waals surface area contributed by atoms with Gasteiger partial charge in [0.05, 0.1) is 7.11 Å². The maximum atomic E-state index is 12.2. The van der Waals surface area contributed by atoms with Gasteiger partial charge in [0, 0.05) is 19.3 Å². The average molecular weight is 370 g/mol. The fourth-order valence-electron chi connectivity index (χ4n) is 2.12. The van der Waals surface area contributed by atoms with Gasteiger partial charge in [0.1, 0.15) is 5.75 Å². The average Bonchev–Trinajstić information content (AvgIpc) is 2.57. The van der Waals surface area contributed by atoms with Crippen LogP contribution in [0.25, 0.3) is 0 Å². The van der Waals surface area contributed by atoms with E-state index in [1.807, 2.05) is 0 Å². The van der Waals surface area contributed by atoms with Crippen LogP contribution < -0.4 is 14.8 Å². The number of methoxy groups -OCH3 is 1. The largest absolute Gasteiger partial charge is 0.573 e. The fraction of sp³-hybridized carbons (Fsp3) is 0.235. The summed E-state index contributed by atoms with van der Waals surface area (Å²) >= 11 is 0. The molecule has 0 aliphatic carbocycles. The number of hydrogen-bond donors (Lipinski definition) is 2. The molecule has 0 unspecified atom stereocenters. The molecule has 0 aromatic heterocycles. The summed E-state index contributed by atoms with van der Waals surface area (Å²) in [5, 5.41) is 12.1. The second-order valence-corrected chi connectivity index (χ2v) is 5.36. The molecule has 0 fully saturated rings. The second kappa shape index (κ2) is 7.85. The number of carbonyl (C=O) groups excluding carboxylic acids is 1. The van der Waals surface area contributed by atoms with E-state index in [9.17, 15) is 23.1 Å². The van der Waals surface area contributed by atoms with E-state index < -0.39 is 12.4 Å². The van der Waals surface area contributed by atoms with Crippen LogP contribution in [0.1, 0.15) is 5.56 Å². The molecule has 0 bridgehead atoms. The van der Waals surface area contributed by atoms with Crippen molar-refractivity contribution in [1.29, 1.82) is 0 Å². The van der Waals surface area contributed by atoms with Crippen LogP contribution in [0.2, 0.25) is 0 Å². The van der Waals surface area contributed by atoms with E-state index in [2.05, 4.69) is 10.1 Å². The van der Waals surface area contributed by atoms with Crippen molar-refractivity contribution < 1.29 is 32.5 Å². The van der Waals surface area contributed by atoms with Crippen molar-refractivity contribution >= 4 is 11.7 Å². The number of urea groups is 1. The van der Waals surface area contributed by atoms with Crippen LogP contribution in [0.3, 0.4) is 0 Å². The number of halogens is 3. The van der Waals surface area contributed by atoms with Gasteiger partial charge in [-0.1, -0.05) is 6.07 Å². The number of anilines is 1. The molecule has 0 atom stereocenters. The SMILES string of the molecule is COc1cc(CN(C)C(=O)Nc2ccc(OC(F)(F)F)cc2)ccc1O.